The normalized spacial score (nSPS) is 10.9. The van der Waals surface area contributed by atoms with E-state index < -0.39 is 5.97 Å². The Hall–Kier alpha value is -2.85. The Morgan fingerprint density at radius 3 is 2.62 bits per heavy atom. The maximum absolute atomic E-state index is 12.5. The number of ether oxygens (including phenoxy) is 2. The van der Waals surface area contributed by atoms with E-state index in [-0.39, 0.29) is 23.5 Å². The van der Waals surface area contributed by atoms with Crippen LogP contribution in [0, 0.1) is 5.92 Å². The second-order valence-electron chi connectivity index (χ2n) is 7.22. The molecule has 32 heavy (non-hydrogen) atoms. The number of esters is 1. The Kier molecular flexibility index (Phi) is 8.29. The fourth-order valence-corrected chi connectivity index (χ4v) is 4.45. The lowest BCUT2D eigenvalue weighted by Crippen LogP contribution is -2.17. The van der Waals surface area contributed by atoms with Crippen LogP contribution in [0.4, 0.5) is 5.00 Å². The van der Waals surface area contributed by atoms with Crippen LogP contribution >= 0.6 is 23.1 Å². The van der Waals surface area contributed by atoms with Gasteiger partial charge in [0.2, 0.25) is 11.8 Å². The lowest BCUT2D eigenvalue weighted by molar-refractivity contribution is -0.113. The molecule has 0 unspecified atom stereocenters. The number of nitrogens with one attached hydrogen (secondary N) is 1. The molecule has 1 N–H and O–H groups in total. The van der Waals surface area contributed by atoms with E-state index in [1.165, 1.54) is 11.3 Å². The Bertz CT molecular complexity index is 1060. The van der Waals surface area contributed by atoms with E-state index in [0.29, 0.717) is 22.4 Å². The van der Waals surface area contributed by atoms with Crippen molar-refractivity contribution in [1.82, 2.24) is 10.2 Å². The summed E-state index contributed by atoms with van der Waals surface area (Å²) in [5, 5.41) is 13.5. The van der Waals surface area contributed by atoms with E-state index in [0.717, 1.165) is 35.1 Å². The molecule has 1 amide bonds. The van der Waals surface area contributed by atoms with Crippen molar-refractivity contribution in [2.24, 2.45) is 5.92 Å². The molecule has 1 aromatic carbocycles. The molecule has 0 atom stereocenters. The van der Waals surface area contributed by atoms with Gasteiger partial charge in [-0.3, -0.25) is 4.79 Å². The van der Waals surface area contributed by atoms with E-state index in [4.69, 9.17) is 13.9 Å². The molecule has 2 heterocycles. The van der Waals surface area contributed by atoms with Crippen LogP contribution in [0.15, 0.2) is 39.3 Å². The molecule has 0 aliphatic rings. The summed E-state index contributed by atoms with van der Waals surface area (Å²) in [4.78, 5) is 25.0. The number of thioether (sulfide) groups is 1. The van der Waals surface area contributed by atoms with Gasteiger partial charge in [-0.15, -0.1) is 21.5 Å². The summed E-state index contributed by atoms with van der Waals surface area (Å²) in [7, 11) is 1.60. The summed E-state index contributed by atoms with van der Waals surface area (Å²) in [6.07, 6.45) is 0.728. The minimum Gasteiger partial charge on any atom is -0.497 e. The number of carbonyl (C=O) groups excluding carboxylic acids is 2. The van der Waals surface area contributed by atoms with Crippen molar-refractivity contribution in [3.8, 4) is 17.2 Å². The highest BCUT2D eigenvalue weighted by Gasteiger charge is 2.22. The van der Waals surface area contributed by atoms with Gasteiger partial charge in [-0.1, -0.05) is 25.6 Å². The van der Waals surface area contributed by atoms with Gasteiger partial charge in [0.1, 0.15) is 10.8 Å². The first-order valence-electron chi connectivity index (χ1n) is 10.1. The first-order valence-corrected chi connectivity index (χ1v) is 12.0. The number of aromatic nitrogens is 2. The number of amides is 1. The Labute approximate surface area is 194 Å². The number of carbonyl (C=O) groups is 2. The fourth-order valence-electron chi connectivity index (χ4n) is 2.91. The molecule has 0 aliphatic carbocycles. The van der Waals surface area contributed by atoms with Gasteiger partial charge in [-0.25, -0.2) is 4.79 Å². The molecule has 0 saturated carbocycles. The molecular formula is C22H25N3O5S2. The molecule has 2 aromatic heterocycles. The topological polar surface area (TPSA) is 104 Å². The lowest BCUT2D eigenvalue weighted by atomic mass is 10.0. The third-order valence-corrected chi connectivity index (χ3v) is 6.06. The van der Waals surface area contributed by atoms with Gasteiger partial charge in [-0.2, -0.15) is 0 Å². The lowest BCUT2D eigenvalue weighted by Gasteiger charge is -2.09. The van der Waals surface area contributed by atoms with Crippen molar-refractivity contribution in [1.29, 1.82) is 0 Å². The first-order chi connectivity index (χ1) is 15.4. The third kappa shape index (κ3) is 6.10. The van der Waals surface area contributed by atoms with Gasteiger partial charge in [-0.05, 0) is 54.5 Å². The summed E-state index contributed by atoms with van der Waals surface area (Å²) < 4.78 is 16.0. The highest BCUT2D eigenvalue weighted by atomic mass is 32.2. The first kappa shape index (κ1) is 23.8. The zero-order valence-corrected chi connectivity index (χ0v) is 20.0. The van der Waals surface area contributed by atoms with E-state index in [2.05, 4.69) is 29.4 Å². The van der Waals surface area contributed by atoms with Crippen LogP contribution in [-0.4, -0.2) is 41.5 Å². The number of nitrogens with zero attached hydrogens (tertiary/aromatic N) is 2. The Balaban J connectivity index is 1.63. The average Bonchev–Trinajstić information content (AvgIpc) is 3.39. The highest BCUT2D eigenvalue weighted by Crippen LogP contribution is 2.31. The van der Waals surface area contributed by atoms with Gasteiger partial charge >= 0.3 is 5.97 Å². The molecule has 170 valence electrons. The predicted octanol–water partition coefficient (Wildman–Crippen LogP) is 4.91. The largest absolute Gasteiger partial charge is 0.497 e. The summed E-state index contributed by atoms with van der Waals surface area (Å²) >= 11 is 2.45. The molecule has 3 aromatic rings. The van der Waals surface area contributed by atoms with Crippen molar-refractivity contribution in [3.05, 3.63) is 40.8 Å². The smallest absolute Gasteiger partial charge is 0.341 e. The molecule has 0 spiro atoms. The zero-order valence-electron chi connectivity index (χ0n) is 18.3. The van der Waals surface area contributed by atoms with Crippen molar-refractivity contribution in [3.63, 3.8) is 0 Å². The van der Waals surface area contributed by atoms with Crippen LogP contribution in [0.2, 0.25) is 0 Å². The number of rotatable bonds is 10. The molecule has 10 heteroatoms. The van der Waals surface area contributed by atoms with Crippen LogP contribution in [-0.2, 0) is 16.0 Å². The summed E-state index contributed by atoms with van der Waals surface area (Å²) in [6, 6.07) is 7.23. The number of methoxy groups -OCH3 is 1. The number of hydrogen-bond donors (Lipinski definition) is 1. The summed E-state index contributed by atoms with van der Waals surface area (Å²) in [6.45, 7) is 6.18. The minimum atomic E-state index is -0.423. The number of anilines is 1. The number of benzene rings is 1. The second-order valence-corrected chi connectivity index (χ2v) is 9.03. The maximum atomic E-state index is 12.5. The number of thiophene rings is 1. The average molecular weight is 476 g/mol. The predicted molar refractivity (Wildman–Crippen MR) is 124 cm³/mol. The standard InChI is InChI=1S/C22H25N3O5S2/c1-5-29-21(27)18-15(10-13(2)3)11-31-20(18)23-17(26)12-32-22-25-24-19(30-22)14-6-8-16(28-4)9-7-14/h6-9,11,13H,5,10,12H2,1-4H3,(H,23,26). The number of hydrogen-bond acceptors (Lipinski definition) is 9. The van der Waals surface area contributed by atoms with E-state index in [1.807, 2.05) is 17.5 Å². The Morgan fingerprint density at radius 2 is 1.97 bits per heavy atom. The van der Waals surface area contributed by atoms with E-state index in [1.54, 1.807) is 26.2 Å². The molecular weight excluding hydrogens is 450 g/mol. The van der Waals surface area contributed by atoms with E-state index >= 15 is 0 Å². The SMILES string of the molecule is CCOC(=O)c1c(CC(C)C)csc1NC(=O)CSc1nnc(-c2ccc(OC)cc2)o1. The van der Waals surface area contributed by atoms with Crippen LogP contribution in [0.25, 0.3) is 11.5 Å². The van der Waals surface area contributed by atoms with Crippen molar-refractivity contribution in [2.45, 2.75) is 32.4 Å². The quantitative estimate of drug-likeness (QED) is 0.326. The molecule has 3 rings (SSSR count). The second kappa shape index (κ2) is 11.1. The van der Waals surface area contributed by atoms with Crippen molar-refractivity contribution < 1.29 is 23.5 Å². The van der Waals surface area contributed by atoms with Gasteiger partial charge < -0.3 is 19.2 Å². The zero-order chi connectivity index (χ0) is 23.1. The monoisotopic (exact) mass is 475 g/mol. The van der Waals surface area contributed by atoms with Gasteiger partial charge in [0.05, 0.1) is 25.0 Å². The summed E-state index contributed by atoms with van der Waals surface area (Å²) in [5.74, 6) is 0.818. The van der Waals surface area contributed by atoms with Gasteiger partial charge in [0.25, 0.3) is 5.22 Å². The van der Waals surface area contributed by atoms with Crippen LogP contribution in [0.3, 0.4) is 0 Å². The van der Waals surface area contributed by atoms with Gasteiger partial charge in [0, 0.05) is 5.56 Å². The Morgan fingerprint density at radius 1 is 1.22 bits per heavy atom. The third-order valence-electron chi connectivity index (χ3n) is 4.30. The van der Waals surface area contributed by atoms with Gasteiger partial charge in [0.15, 0.2) is 0 Å². The summed E-state index contributed by atoms with van der Waals surface area (Å²) in [5.41, 5.74) is 2.07. The highest BCUT2D eigenvalue weighted by molar-refractivity contribution is 7.99. The molecule has 0 fully saturated rings. The van der Waals surface area contributed by atoms with Crippen molar-refractivity contribution >= 4 is 40.0 Å². The molecule has 0 aliphatic heterocycles. The molecule has 0 radical (unpaired) electrons. The molecule has 0 saturated heterocycles. The van der Waals surface area contributed by atoms with Crippen molar-refractivity contribution in [2.75, 3.05) is 24.8 Å². The molecule has 0 bridgehead atoms. The van der Waals surface area contributed by atoms with Crippen LogP contribution in [0.5, 0.6) is 5.75 Å². The van der Waals surface area contributed by atoms with E-state index in [9.17, 15) is 9.59 Å². The van der Waals surface area contributed by atoms with Crippen LogP contribution in [0.1, 0.15) is 36.7 Å². The maximum Gasteiger partial charge on any atom is 0.341 e. The van der Waals surface area contributed by atoms with Crippen LogP contribution < -0.4 is 10.1 Å². The molecule has 8 nitrogen and oxygen atoms in total. The minimum absolute atomic E-state index is 0.0594. The fraction of sp³-hybridized carbons (Fsp3) is 0.364.